The molecule has 0 saturated heterocycles. The zero-order valence-electron chi connectivity index (χ0n) is 8.38. The van der Waals surface area contributed by atoms with Crippen LogP contribution in [0.1, 0.15) is 24.8 Å². The highest BCUT2D eigenvalue weighted by Crippen LogP contribution is 2.36. The maximum absolute atomic E-state index is 7.17. The Balaban J connectivity index is 2.14. The zero-order valence-corrected chi connectivity index (χ0v) is 8.38. The van der Waals surface area contributed by atoms with Gasteiger partial charge < -0.3 is 5.32 Å². The van der Waals surface area contributed by atoms with Crippen molar-refractivity contribution in [1.82, 2.24) is 0 Å². The zero-order chi connectivity index (χ0) is 10.0. The normalized spacial score (nSPS) is 18.0. The van der Waals surface area contributed by atoms with Crippen molar-refractivity contribution >= 4 is 5.69 Å². The highest BCUT2D eigenvalue weighted by Gasteiger charge is 2.43. The number of hydrogen-bond donors (Lipinski definition) is 1. The highest BCUT2D eigenvalue weighted by molar-refractivity contribution is 5.49. The summed E-state index contributed by atoms with van der Waals surface area (Å²) < 4.78 is 0. The predicted molar refractivity (Wildman–Crippen MR) is 58.0 cm³/mol. The topological polar surface area (TPSA) is 16.4 Å². The van der Waals surface area contributed by atoms with Crippen LogP contribution in [0.25, 0.3) is 4.85 Å². The number of nitrogens with zero attached hydrogens (tertiary/aromatic N) is 1. The maximum Gasteiger partial charge on any atom is 0.305 e. The molecule has 2 heteroatoms. The van der Waals surface area contributed by atoms with Crippen LogP contribution >= 0.6 is 0 Å². The molecule has 1 fully saturated rings. The van der Waals surface area contributed by atoms with Crippen molar-refractivity contribution in [2.75, 3.05) is 5.32 Å². The van der Waals surface area contributed by atoms with Crippen LogP contribution in [-0.4, -0.2) is 5.66 Å². The van der Waals surface area contributed by atoms with E-state index in [0.29, 0.717) is 0 Å². The SMILES string of the molecule is [C-]#[N+]C1(Nc2cccc(C)c2)CCC1. The maximum atomic E-state index is 7.17. The molecule has 0 heterocycles. The Bertz CT molecular complexity index is 372. The molecule has 0 spiro atoms. The molecule has 0 aliphatic heterocycles. The highest BCUT2D eigenvalue weighted by atomic mass is 15.1. The van der Waals surface area contributed by atoms with E-state index in [1.54, 1.807) is 0 Å². The molecule has 1 saturated carbocycles. The second-order valence-corrected chi connectivity index (χ2v) is 3.99. The average molecular weight is 186 g/mol. The van der Waals surface area contributed by atoms with E-state index in [-0.39, 0.29) is 5.66 Å². The van der Waals surface area contributed by atoms with Gasteiger partial charge in [-0.1, -0.05) is 12.1 Å². The summed E-state index contributed by atoms with van der Waals surface area (Å²) in [6, 6.07) is 8.20. The smallest absolute Gasteiger partial charge is 0.305 e. The van der Waals surface area contributed by atoms with Gasteiger partial charge in [-0.05, 0) is 31.0 Å². The Morgan fingerprint density at radius 3 is 2.71 bits per heavy atom. The quantitative estimate of drug-likeness (QED) is 0.701. The van der Waals surface area contributed by atoms with Crippen LogP contribution in [0.5, 0.6) is 0 Å². The fourth-order valence-electron chi connectivity index (χ4n) is 1.77. The number of nitrogens with one attached hydrogen (secondary N) is 1. The summed E-state index contributed by atoms with van der Waals surface area (Å²) in [4.78, 5) is 3.69. The molecule has 1 N–H and O–H groups in total. The monoisotopic (exact) mass is 186 g/mol. The Kier molecular flexibility index (Phi) is 2.17. The lowest BCUT2D eigenvalue weighted by atomic mass is 9.85. The van der Waals surface area contributed by atoms with Crippen molar-refractivity contribution in [2.45, 2.75) is 31.8 Å². The molecule has 0 amide bonds. The number of aryl methyl sites for hydroxylation is 1. The van der Waals surface area contributed by atoms with Crippen molar-refractivity contribution in [3.63, 3.8) is 0 Å². The molecule has 72 valence electrons. The minimum absolute atomic E-state index is 0.298. The van der Waals surface area contributed by atoms with E-state index in [1.807, 2.05) is 12.1 Å². The van der Waals surface area contributed by atoms with Crippen LogP contribution in [0, 0.1) is 13.5 Å². The van der Waals surface area contributed by atoms with Gasteiger partial charge in [0.1, 0.15) is 0 Å². The molecule has 1 aliphatic carbocycles. The molecule has 14 heavy (non-hydrogen) atoms. The van der Waals surface area contributed by atoms with Gasteiger partial charge in [0.2, 0.25) is 0 Å². The Hall–Kier alpha value is -1.49. The van der Waals surface area contributed by atoms with Crippen LogP contribution in [0.2, 0.25) is 0 Å². The van der Waals surface area contributed by atoms with Crippen molar-refractivity contribution in [3.05, 3.63) is 41.2 Å². The summed E-state index contributed by atoms with van der Waals surface area (Å²) in [6.45, 7) is 9.24. The van der Waals surface area contributed by atoms with Crippen LogP contribution in [0.3, 0.4) is 0 Å². The summed E-state index contributed by atoms with van der Waals surface area (Å²) in [5.74, 6) is 0. The second-order valence-electron chi connectivity index (χ2n) is 3.99. The van der Waals surface area contributed by atoms with Gasteiger partial charge in [-0.25, -0.2) is 6.57 Å². The van der Waals surface area contributed by atoms with E-state index in [4.69, 9.17) is 6.57 Å². The summed E-state index contributed by atoms with van der Waals surface area (Å²) in [5.41, 5.74) is 2.00. The van der Waals surface area contributed by atoms with E-state index in [2.05, 4.69) is 29.2 Å². The number of hydrogen-bond acceptors (Lipinski definition) is 1. The first-order valence-corrected chi connectivity index (χ1v) is 4.98. The average Bonchev–Trinajstić information content (AvgIpc) is 2.11. The van der Waals surface area contributed by atoms with Gasteiger partial charge in [0.05, 0.1) is 0 Å². The van der Waals surface area contributed by atoms with E-state index in [9.17, 15) is 0 Å². The first-order chi connectivity index (χ1) is 6.74. The standard InChI is InChI=1S/C12H14N2/c1-10-5-3-6-11(9-10)14-12(13-2)7-4-8-12/h3,5-6,9,14H,4,7-8H2,1H3. The van der Waals surface area contributed by atoms with Crippen LogP contribution in [-0.2, 0) is 0 Å². The summed E-state index contributed by atoms with van der Waals surface area (Å²) in [5, 5.41) is 3.33. The van der Waals surface area contributed by atoms with Crippen molar-refractivity contribution < 1.29 is 0 Å². The summed E-state index contributed by atoms with van der Waals surface area (Å²) in [6.07, 6.45) is 3.12. The Morgan fingerprint density at radius 2 is 2.21 bits per heavy atom. The summed E-state index contributed by atoms with van der Waals surface area (Å²) >= 11 is 0. The first kappa shape index (κ1) is 9.08. The van der Waals surface area contributed by atoms with Gasteiger partial charge in [0.25, 0.3) is 0 Å². The number of rotatable bonds is 2. The molecule has 2 rings (SSSR count). The lowest BCUT2D eigenvalue weighted by Gasteiger charge is -2.31. The van der Waals surface area contributed by atoms with Gasteiger partial charge in [-0.2, -0.15) is 0 Å². The lowest BCUT2D eigenvalue weighted by molar-refractivity contribution is 0.343. The van der Waals surface area contributed by atoms with E-state index in [0.717, 1.165) is 18.5 Å². The molecule has 2 nitrogen and oxygen atoms in total. The third-order valence-electron chi connectivity index (χ3n) is 2.79. The molecule has 0 atom stereocenters. The third kappa shape index (κ3) is 1.58. The van der Waals surface area contributed by atoms with Crippen molar-refractivity contribution in [1.29, 1.82) is 0 Å². The van der Waals surface area contributed by atoms with Gasteiger partial charge in [-0.3, -0.25) is 4.85 Å². The van der Waals surface area contributed by atoms with Gasteiger partial charge >= 0.3 is 5.66 Å². The second kappa shape index (κ2) is 3.34. The largest absolute Gasteiger partial charge is 0.314 e. The number of anilines is 1. The van der Waals surface area contributed by atoms with Gasteiger partial charge in [0, 0.05) is 18.5 Å². The van der Waals surface area contributed by atoms with Crippen molar-refractivity contribution in [2.24, 2.45) is 0 Å². The minimum Gasteiger partial charge on any atom is -0.314 e. The number of benzene rings is 1. The van der Waals surface area contributed by atoms with Gasteiger partial charge in [0.15, 0.2) is 0 Å². The van der Waals surface area contributed by atoms with E-state index in [1.165, 1.54) is 12.0 Å². The predicted octanol–water partition coefficient (Wildman–Crippen LogP) is 3.21. The Morgan fingerprint density at radius 1 is 1.43 bits per heavy atom. The molecule has 1 aliphatic rings. The lowest BCUT2D eigenvalue weighted by Crippen LogP contribution is -2.41. The fraction of sp³-hybridized carbons (Fsp3) is 0.417. The first-order valence-electron chi connectivity index (χ1n) is 4.98. The molecular formula is C12H14N2. The third-order valence-corrected chi connectivity index (χ3v) is 2.79. The van der Waals surface area contributed by atoms with Gasteiger partial charge in [-0.15, -0.1) is 0 Å². The van der Waals surface area contributed by atoms with Crippen LogP contribution in [0.4, 0.5) is 5.69 Å². The molecule has 0 unspecified atom stereocenters. The minimum atomic E-state index is -0.298. The van der Waals surface area contributed by atoms with Crippen molar-refractivity contribution in [3.8, 4) is 0 Å². The molecule has 0 radical (unpaired) electrons. The molecule has 1 aromatic rings. The molecule has 1 aromatic carbocycles. The van der Waals surface area contributed by atoms with E-state index >= 15 is 0 Å². The fourth-order valence-corrected chi connectivity index (χ4v) is 1.77. The van der Waals surface area contributed by atoms with Crippen LogP contribution in [0.15, 0.2) is 24.3 Å². The summed E-state index contributed by atoms with van der Waals surface area (Å²) in [7, 11) is 0. The molecule has 0 aromatic heterocycles. The van der Waals surface area contributed by atoms with Crippen LogP contribution < -0.4 is 5.32 Å². The Labute approximate surface area is 84.8 Å². The molecular weight excluding hydrogens is 172 g/mol. The molecule has 0 bridgehead atoms. The van der Waals surface area contributed by atoms with E-state index < -0.39 is 0 Å².